The second-order valence-corrected chi connectivity index (χ2v) is 7.59. The molecule has 2 aromatic rings. The van der Waals surface area contributed by atoms with Crippen LogP contribution in [-0.4, -0.2) is 54.3 Å². The number of hydrogen-bond donors (Lipinski definition) is 1. The van der Waals surface area contributed by atoms with Crippen molar-refractivity contribution in [1.29, 1.82) is 0 Å². The number of aliphatic hydroxyl groups excluding tert-OH is 1. The molecule has 0 aliphatic carbocycles. The molecule has 0 spiro atoms. The molecule has 1 heterocycles. The third-order valence-electron chi connectivity index (χ3n) is 5.12. The van der Waals surface area contributed by atoms with Crippen LogP contribution in [0.1, 0.15) is 24.8 Å². The van der Waals surface area contributed by atoms with Gasteiger partial charge in [0, 0.05) is 37.9 Å². The molecule has 29 heavy (non-hydrogen) atoms. The maximum Gasteiger partial charge on any atom is 0.273 e. The number of hydrogen-bond acceptors (Lipinski definition) is 6. The topological polar surface area (TPSA) is 79.1 Å². The molecule has 1 aliphatic heterocycles. The summed E-state index contributed by atoms with van der Waals surface area (Å²) < 4.78 is 5.54. The van der Waals surface area contributed by atoms with Gasteiger partial charge in [-0.1, -0.05) is 24.3 Å². The Balaban J connectivity index is 1.52. The summed E-state index contributed by atoms with van der Waals surface area (Å²) in [6, 6.07) is 14.5. The summed E-state index contributed by atoms with van der Waals surface area (Å²) in [5.74, 6) is 0.386. The monoisotopic (exact) mass is 399 g/mol. The fourth-order valence-corrected chi connectivity index (χ4v) is 3.73. The van der Waals surface area contributed by atoms with Crippen molar-refractivity contribution in [3.05, 3.63) is 64.2 Å². The maximum absolute atomic E-state index is 10.8. The SMILES string of the molecule is CN(Cc1ccccc1N1CCCCC1)C[C@H](O)COc1cccc([N+](=O)[O-])c1. The maximum atomic E-state index is 10.8. The first-order chi connectivity index (χ1) is 14.0. The Labute approximate surface area is 171 Å². The molecule has 7 heteroatoms. The van der Waals surface area contributed by atoms with Gasteiger partial charge in [0.25, 0.3) is 5.69 Å². The average molecular weight is 399 g/mol. The van der Waals surface area contributed by atoms with E-state index in [2.05, 4.69) is 34.1 Å². The number of nitro benzene ring substituents is 1. The molecule has 7 nitrogen and oxygen atoms in total. The van der Waals surface area contributed by atoms with E-state index in [1.807, 2.05) is 7.05 Å². The highest BCUT2D eigenvalue weighted by molar-refractivity contribution is 5.53. The molecule has 1 atom stereocenters. The van der Waals surface area contributed by atoms with Gasteiger partial charge in [0.1, 0.15) is 18.5 Å². The van der Waals surface area contributed by atoms with E-state index in [-0.39, 0.29) is 12.3 Å². The Morgan fingerprint density at radius 1 is 1.17 bits per heavy atom. The molecule has 1 fully saturated rings. The zero-order valence-corrected chi connectivity index (χ0v) is 16.9. The Bertz CT molecular complexity index is 808. The second kappa shape index (κ2) is 10.2. The summed E-state index contributed by atoms with van der Waals surface area (Å²) in [6.45, 7) is 3.46. The average Bonchev–Trinajstić information content (AvgIpc) is 2.73. The Morgan fingerprint density at radius 3 is 2.69 bits per heavy atom. The number of non-ortho nitro benzene ring substituents is 1. The van der Waals surface area contributed by atoms with Crippen molar-refractivity contribution in [3.8, 4) is 5.75 Å². The normalized spacial score (nSPS) is 15.3. The molecular formula is C22H29N3O4. The van der Waals surface area contributed by atoms with Gasteiger partial charge in [-0.15, -0.1) is 0 Å². The van der Waals surface area contributed by atoms with Crippen molar-refractivity contribution in [2.45, 2.75) is 31.9 Å². The van der Waals surface area contributed by atoms with Gasteiger partial charge in [-0.25, -0.2) is 0 Å². The highest BCUT2D eigenvalue weighted by atomic mass is 16.6. The van der Waals surface area contributed by atoms with Crippen LogP contribution in [0.3, 0.4) is 0 Å². The van der Waals surface area contributed by atoms with Crippen molar-refractivity contribution in [2.24, 2.45) is 0 Å². The van der Waals surface area contributed by atoms with Crippen molar-refractivity contribution >= 4 is 11.4 Å². The number of aliphatic hydroxyl groups is 1. The highest BCUT2D eigenvalue weighted by Crippen LogP contribution is 2.25. The number of nitro groups is 1. The Kier molecular flexibility index (Phi) is 7.43. The molecule has 0 saturated carbocycles. The quantitative estimate of drug-likeness (QED) is 0.514. The second-order valence-electron chi connectivity index (χ2n) is 7.59. The van der Waals surface area contributed by atoms with Crippen LogP contribution < -0.4 is 9.64 Å². The number of benzene rings is 2. The van der Waals surface area contributed by atoms with Gasteiger partial charge in [-0.05, 0) is 44.0 Å². The number of para-hydroxylation sites is 1. The number of ether oxygens (including phenoxy) is 1. The van der Waals surface area contributed by atoms with Crippen molar-refractivity contribution in [3.63, 3.8) is 0 Å². The van der Waals surface area contributed by atoms with E-state index in [0.29, 0.717) is 12.3 Å². The van der Waals surface area contributed by atoms with Gasteiger partial charge >= 0.3 is 0 Å². The Hall–Kier alpha value is -2.64. The first-order valence-electron chi connectivity index (χ1n) is 10.1. The fraction of sp³-hybridized carbons (Fsp3) is 0.455. The van der Waals surface area contributed by atoms with E-state index in [9.17, 15) is 15.2 Å². The van der Waals surface area contributed by atoms with E-state index in [1.165, 1.54) is 42.6 Å². The van der Waals surface area contributed by atoms with Crippen LogP contribution in [-0.2, 0) is 6.54 Å². The van der Waals surface area contributed by atoms with E-state index in [4.69, 9.17) is 4.74 Å². The van der Waals surface area contributed by atoms with Crippen LogP contribution in [0.2, 0.25) is 0 Å². The smallest absolute Gasteiger partial charge is 0.273 e. The first-order valence-corrected chi connectivity index (χ1v) is 10.1. The summed E-state index contributed by atoms with van der Waals surface area (Å²) in [4.78, 5) is 14.9. The predicted molar refractivity (Wildman–Crippen MR) is 113 cm³/mol. The lowest BCUT2D eigenvalue weighted by Gasteiger charge is -2.31. The van der Waals surface area contributed by atoms with Gasteiger partial charge in [0.2, 0.25) is 0 Å². The number of likely N-dealkylation sites (N-methyl/N-ethyl adjacent to an activating group) is 1. The van der Waals surface area contributed by atoms with Gasteiger partial charge in [0.05, 0.1) is 11.0 Å². The number of anilines is 1. The van der Waals surface area contributed by atoms with E-state index < -0.39 is 11.0 Å². The van der Waals surface area contributed by atoms with Gasteiger partial charge in [-0.3, -0.25) is 15.0 Å². The standard InChI is InChI=1S/C22H29N3O4/c1-23(15-18-8-3-4-11-22(18)24-12-5-2-6-13-24)16-20(26)17-29-21-10-7-9-19(14-21)25(27)28/h3-4,7-11,14,20,26H,2,5-6,12-13,15-17H2,1H3/t20-/m0/s1. The molecule has 0 amide bonds. The zero-order chi connectivity index (χ0) is 20.6. The summed E-state index contributed by atoms with van der Waals surface area (Å²) in [5, 5.41) is 21.2. The molecule has 0 aromatic heterocycles. The van der Waals surface area contributed by atoms with Crippen LogP contribution in [0.25, 0.3) is 0 Å². The number of rotatable bonds is 9. The van der Waals surface area contributed by atoms with Crippen LogP contribution in [0, 0.1) is 10.1 Å². The van der Waals surface area contributed by atoms with Gasteiger partial charge in [-0.2, -0.15) is 0 Å². The van der Waals surface area contributed by atoms with Gasteiger partial charge in [0.15, 0.2) is 0 Å². The van der Waals surface area contributed by atoms with E-state index >= 15 is 0 Å². The molecule has 3 rings (SSSR count). The van der Waals surface area contributed by atoms with Crippen molar-refractivity contribution in [1.82, 2.24) is 4.90 Å². The lowest BCUT2D eigenvalue weighted by Crippen LogP contribution is -2.34. The van der Waals surface area contributed by atoms with Crippen molar-refractivity contribution in [2.75, 3.05) is 38.2 Å². The van der Waals surface area contributed by atoms with E-state index in [1.54, 1.807) is 12.1 Å². The van der Waals surface area contributed by atoms with Gasteiger partial charge < -0.3 is 14.7 Å². The molecule has 1 aliphatic rings. The zero-order valence-electron chi connectivity index (χ0n) is 16.9. The lowest BCUT2D eigenvalue weighted by atomic mass is 10.1. The molecule has 0 bridgehead atoms. The van der Waals surface area contributed by atoms with Crippen molar-refractivity contribution < 1.29 is 14.8 Å². The van der Waals surface area contributed by atoms with Crippen LogP contribution in [0.15, 0.2) is 48.5 Å². The third-order valence-corrected chi connectivity index (χ3v) is 5.12. The molecule has 156 valence electrons. The highest BCUT2D eigenvalue weighted by Gasteiger charge is 2.16. The predicted octanol–water partition coefficient (Wildman–Crippen LogP) is 3.46. The minimum atomic E-state index is -0.693. The van der Waals surface area contributed by atoms with Crippen LogP contribution in [0.5, 0.6) is 5.75 Å². The van der Waals surface area contributed by atoms with Crippen LogP contribution in [0.4, 0.5) is 11.4 Å². The van der Waals surface area contributed by atoms with E-state index in [0.717, 1.165) is 19.6 Å². The first kappa shape index (κ1) is 21.1. The minimum Gasteiger partial charge on any atom is -0.491 e. The summed E-state index contributed by atoms with van der Waals surface area (Å²) >= 11 is 0. The Morgan fingerprint density at radius 2 is 1.93 bits per heavy atom. The molecule has 0 radical (unpaired) electrons. The third kappa shape index (κ3) is 6.17. The molecule has 1 saturated heterocycles. The largest absolute Gasteiger partial charge is 0.491 e. The summed E-state index contributed by atoms with van der Waals surface area (Å²) in [6.07, 6.45) is 3.08. The molecule has 0 unspecified atom stereocenters. The molecule has 1 N–H and O–H groups in total. The van der Waals surface area contributed by atoms with Crippen LogP contribution >= 0.6 is 0 Å². The fourth-order valence-electron chi connectivity index (χ4n) is 3.73. The summed E-state index contributed by atoms with van der Waals surface area (Å²) in [7, 11) is 1.98. The summed E-state index contributed by atoms with van der Waals surface area (Å²) in [5.41, 5.74) is 2.51. The number of nitrogens with zero attached hydrogens (tertiary/aromatic N) is 3. The number of piperidine rings is 1. The molecule has 2 aromatic carbocycles. The minimum absolute atomic E-state index is 0.0246. The lowest BCUT2D eigenvalue weighted by molar-refractivity contribution is -0.384. The molecular weight excluding hydrogens is 370 g/mol.